The van der Waals surface area contributed by atoms with E-state index in [2.05, 4.69) is 46.5 Å². The van der Waals surface area contributed by atoms with E-state index >= 15 is 0 Å². The predicted octanol–water partition coefficient (Wildman–Crippen LogP) is 2.30. The minimum absolute atomic E-state index is 0. The van der Waals surface area contributed by atoms with E-state index in [9.17, 15) is 4.79 Å². The molecule has 0 radical (unpaired) electrons. The largest absolute Gasteiger partial charge is 0.382 e. The second-order valence-electron chi connectivity index (χ2n) is 8.52. The first-order chi connectivity index (χ1) is 17.5. The van der Waals surface area contributed by atoms with Crippen molar-refractivity contribution < 1.29 is 4.79 Å². The number of nitrogens with zero attached hydrogens (tertiary/aromatic N) is 5. The van der Waals surface area contributed by atoms with E-state index in [-0.39, 0.29) is 23.9 Å². The van der Waals surface area contributed by atoms with Crippen molar-refractivity contribution >= 4 is 52.8 Å². The zero-order valence-corrected chi connectivity index (χ0v) is 20.8. The molecule has 8 N–H and O–H groups in total. The van der Waals surface area contributed by atoms with Crippen LogP contribution >= 0.6 is 12.4 Å². The third kappa shape index (κ3) is 5.54. The minimum atomic E-state index is -0.714. The number of hydrogen-bond acceptors (Lipinski definition) is 9. The monoisotopic (exact) mass is 521 g/mol. The lowest BCUT2D eigenvalue weighted by Crippen LogP contribution is -2.36. The Balaban J connectivity index is 0.00000320. The molecule has 1 fully saturated rings. The summed E-state index contributed by atoms with van der Waals surface area (Å²) in [5.74, 6) is -0.246. The number of carbonyl (C=O) groups is 1. The van der Waals surface area contributed by atoms with E-state index in [4.69, 9.17) is 16.9 Å². The van der Waals surface area contributed by atoms with Crippen LogP contribution < -0.4 is 27.0 Å². The lowest BCUT2D eigenvalue weighted by molar-refractivity contribution is 0.0972. The van der Waals surface area contributed by atoms with Gasteiger partial charge in [0.1, 0.15) is 5.69 Å². The van der Waals surface area contributed by atoms with Gasteiger partial charge in [-0.2, -0.15) is 0 Å². The van der Waals surface area contributed by atoms with Gasteiger partial charge < -0.3 is 26.7 Å². The summed E-state index contributed by atoms with van der Waals surface area (Å²) in [5.41, 5.74) is 14.4. The fraction of sp³-hybridized carbons (Fsp3) is 0.250. The molecule has 5 rings (SSSR count). The quantitative estimate of drug-likeness (QED) is 0.156. The SMILES string of the molecule is Cl.N=C(N)NC(=O)c1nc(-c2cnc(N3CCCC3)nc2)c(NCCc2c[nH]c3ccccc23)nc1N. The minimum Gasteiger partial charge on any atom is -0.382 e. The van der Waals surface area contributed by atoms with Crippen LogP contribution in [-0.2, 0) is 6.42 Å². The smallest absolute Gasteiger partial charge is 0.280 e. The normalized spacial score (nSPS) is 12.8. The van der Waals surface area contributed by atoms with Crippen LogP contribution in [-0.4, -0.2) is 56.4 Å². The van der Waals surface area contributed by atoms with Crippen LogP contribution in [0.2, 0.25) is 0 Å². The highest BCUT2D eigenvalue weighted by atomic mass is 35.5. The Labute approximate surface area is 219 Å². The maximum atomic E-state index is 12.5. The number of para-hydroxylation sites is 1. The van der Waals surface area contributed by atoms with Crippen molar-refractivity contribution in [3.8, 4) is 11.3 Å². The molecule has 1 aliphatic rings. The highest BCUT2D eigenvalue weighted by Crippen LogP contribution is 2.27. The molecule has 1 amide bonds. The summed E-state index contributed by atoms with van der Waals surface area (Å²) in [4.78, 5) is 35.8. The molecule has 1 saturated heterocycles. The van der Waals surface area contributed by atoms with Gasteiger partial charge in [0.15, 0.2) is 23.3 Å². The molecule has 4 aromatic rings. The molecule has 37 heavy (non-hydrogen) atoms. The number of amides is 1. The van der Waals surface area contributed by atoms with Gasteiger partial charge >= 0.3 is 0 Å². The lowest BCUT2D eigenvalue weighted by atomic mass is 10.1. The number of aromatic amines is 1. The Bertz CT molecular complexity index is 1410. The number of H-pyrrole nitrogens is 1. The molecule has 3 aromatic heterocycles. The molecule has 0 atom stereocenters. The number of fused-ring (bicyclic) bond motifs is 1. The van der Waals surface area contributed by atoms with Crippen molar-refractivity contribution in [3.05, 3.63) is 54.1 Å². The number of aromatic nitrogens is 5. The van der Waals surface area contributed by atoms with E-state index in [0.717, 1.165) is 48.8 Å². The van der Waals surface area contributed by atoms with Crippen molar-refractivity contribution in [3.63, 3.8) is 0 Å². The molecular formula is C24H28ClN11O. The van der Waals surface area contributed by atoms with Crippen molar-refractivity contribution in [1.29, 1.82) is 5.41 Å². The highest BCUT2D eigenvalue weighted by Gasteiger charge is 2.21. The average Bonchev–Trinajstić information content (AvgIpc) is 3.55. The van der Waals surface area contributed by atoms with Crippen LogP contribution in [0.5, 0.6) is 0 Å². The predicted molar refractivity (Wildman–Crippen MR) is 146 cm³/mol. The van der Waals surface area contributed by atoms with Crippen LogP contribution in [0.3, 0.4) is 0 Å². The topological polar surface area (TPSA) is 188 Å². The van der Waals surface area contributed by atoms with E-state index in [1.54, 1.807) is 12.4 Å². The van der Waals surface area contributed by atoms with Crippen molar-refractivity contribution in [2.45, 2.75) is 19.3 Å². The summed E-state index contributed by atoms with van der Waals surface area (Å²) in [6.07, 6.45) is 8.29. The molecule has 0 unspecified atom stereocenters. The Morgan fingerprint density at radius 2 is 1.86 bits per heavy atom. The number of nitrogen functional groups attached to an aromatic ring is 1. The van der Waals surface area contributed by atoms with E-state index in [1.807, 2.05) is 24.4 Å². The van der Waals surface area contributed by atoms with Crippen LogP contribution in [0.25, 0.3) is 22.2 Å². The Kier molecular flexibility index (Phi) is 7.68. The van der Waals surface area contributed by atoms with Gasteiger partial charge in [-0.1, -0.05) is 18.2 Å². The van der Waals surface area contributed by atoms with Crippen molar-refractivity contribution in [2.24, 2.45) is 5.73 Å². The molecule has 0 aliphatic carbocycles. The Morgan fingerprint density at radius 1 is 1.14 bits per heavy atom. The molecule has 4 heterocycles. The number of halogens is 1. The molecule has 13 heteroatoms. The standard InChI is InChI=1S/C24H27N11O.ClH/c25-20-19(22(36)34-23(26)27)32-18(15-12-30-24(31-13-15)35-9-3-4-10-35)21(33-20)28-8-7-14-11-29-17-6-2-1-5-16(14)17;/h1-2,5-6,11-13,29H,3-4,7-10H2,(H3,25,28,33)(H4,26,27,34,36);1H. The molecular weight excluding hydrogens is 494 g/mol. The number of nitrogens with one attached hydrogen (secondary N) is 4. The zero-order valence-electron chi connectivity index (χ0n) is 20.0. The zero-order chi connectivity index (χ0) is 25.1. The summed E-state index contributed by atoms with van der Waals surface area (Å²) in [6, 6.07) is 8.11. The first kappa shape index (κ1) is 25.6. The Hall–Kier alpha value is -4.45. The van der Waals surface area contributed by atoms with Gasteiger partial charge in [0.05, 0.1) is 0 Å². The van der Waals surface area contributed by atoms with Crippen LogP contribution in [0.15, 0.2) is 42.9 Å². The van der Waals surface area contributed by atoms with Crippen LogP contribution in [0, 0.1) is 5.41 Å². The van der Waals surface area contributed by atoms with Crippen LogP contribution in [0.4, 0.5) is 17.6 Å². The first-order valence-electron chi connectivity index (χ1n) is 11.7. The van der Waals surface area contributed by atoms with Gasteiger partial charge in [-0.15, -0.1) is 12.4 Å². The summed E-state index contributed by atoms with van der Waals surface area (Å²) in [6.45, 7) is 2.41. The van der Waals surface area contributed by atoms with Gasteiger partial charge in [-0.05, 0) is 30.9 Å². The average molecular weight is 522 g/mol. The Morgan fingerprint density at radius 3 is 2.59 bits per heavy atom. The number of benzene rings is 1. The highest BCUT2D eigenvalue weighted by molar-refractivity contribution is 6.06. The molecule has 0 spiro atoms. The summed E-state index contributed by atoms with van der Waals surface area (Å²) < 4.78 is 0. The molecule has 1 aliphatic heterocycles. The number of carbonyl (C=O) groups excluding carboxylic acids is 1. The fourth-order valence-electron chi connectivity index (χ4n) is 4.30. The van der Waals surface area contributed by atoms with E-state index in [1.165, 1.54) is 0 Å². The number of hydrogen-bond donors (Lipinski definition) is 6. The third-order valence-electron chi connectivity index (χ3n) is 6.05. The second kappa shape index (κ2) is 11.1. The van der Waals surface area contributed by atoms with E-state index in [0.29, 0.717) is 29.6 Å². The maximum absolute atomic E-state index is 12.5. The number of rotatable bonds is 7. The summed E-state index contributed by atoms with van der Waals surface area (Å²) >= 11 is 0. The van der Waals surface area contributed by atoms with Crippen molar-refractivity contribution in [2.75, 3.05) is 35.6 Å². The fourth-order valence-corrected chi connectivity index (χ4v) is 4.30. The van der Waals surface area contributed by atoms with Gasteiger partial charge in [0.25, 0.3) is 5.91 Å². The molecule has 12 nitrogen and oxygen atoms in total. The lowest BCUT2D eigenvalue weighted by Gasteiger charge is -2.16. The van der Waals surface area contributed by atoms with Crippen molar-refractivity contribution in [1.82, 2.24) is 30.2 Å². The number of anilines is 3. The molecule has 1 aromatic carbocycles. The number of nitrogens with two attached hydrogens (primary N) is 2. The van der Waals surface area contributed by atoms with Gasteiger partial charge in [0.2, 0.25) is 5.95 Å². The van der Waals surface area contributed by atoms with E-state index < -0.39 is 11.9 Å². The van der Waals surface area contributed by atoms with Gasteiger partial charge in [-0.3, -0.25) is 15.5 Å². The molecule has 192 valence electrons. The molecule has 0 saturated carbocycles. The van der Waals surface area contributed by atoms with Gasteiger partial charge in [0, 0.05) is 54.7 Å². The third-order valence-corrected chi connectivity index (χ3v) is 6.05. The summed E-state index contributed by atoms with van der Waals surface area (Å²) in [7, 11) is 0. The van der Waals surface area contributed by atoms with Gasteiger partial charge in [-0.25, -0.2) is 19.9 Å². The number of guanidine groups is 1. The summed E-state index contributed by atoms with van der Waals surface area (Å²) in [5, 5.41) is 14.0. The molecule has 0 bridgehead atoms. The van der Waals surface area contributed by atoms with Crippen LogP contribution in [0.1, 0.15) is 28.9 Å². The first-order valence-corrected chi connectivity index (χ1v) is 11.7. The maximum Gasteiger partial charge on any atom is 0.280 e. The second-order valence-corrected chi connectivity index (χ2v) is 8.52.